The van der Waals surface area contributed by atoms with E-state index in [0.717, 1.165) is 35.7 Å². The van der Waals surface area contributed by atoms with Gasteiger partial charge in [0.25, 0.3) is 5.91 Å². The molecular formula is C46H46Cl2F4LiN5O9. The van der Waals surface area contributed by atoms with Gasteiger partial charge in [0.2, 0.25) is 0 Å². The first kappa shape index (κ1) is 57.2. The van der Waals surface area contributed by atoms with E-state index in [1.54, 1.807) is 59.7 Å². The maximum atomic E-state index is 14.8. The van der Waals surface area contributed by atoms with Crippen LogP contribution < -0.4 is 28.3 Å². The van der Waals surface area contributed by atoms with Crippen LogP contribution in [0, 0.1) is 30.2 Å². The number of fused-ring (bicyclic) bond motifs is 2. The second kappa shape index (κ2) is 25.9. The fourth-order valence-corrected chi connectivity index (χ4v) is 5.04. The average Bonchev–Trinajstić information content (AvgIpc) is 3.23. The molecule has 0 aliphatic carbocycles. The zero-order valence-electron chi connectivity index (χ0n) is 38.3. The van der Waals surface area contributed by atoms with Gasteiger partial charge in [-0.15, -0.1) is 0 Å². The summed E-state index contributed by atoms with van der Waals surface area (Å²) in [5.41, 5.74) is -0.0500. The zero-order valence-corrected chi connectivity index (χ0v) is 39.8. The summed E-state index contributed by atoms with van der Waals surface area (Å²) in [6.07, 6.45) is 2.87. The van der Waals surface area contributed by atoms with Crippen LogP contribution in [0.15, 0.2) is 79.1 Å². The second-order valence-electron chi connectivity index (χ2n) is 15.4. The molecule has 0 N–H and O–H groups in total. The van der Waals surface area contributed by atoms with Crippen molar-refractivity contribution in [1.29, 1.82) is 0 Å². The fraction of sp³-hybridized carbons (Fsp3) is 0.283. The molecule has 0 unspecified atom stereocenters. The number of hydrogen-bond acceptors (Lipinski definition) is 13. The van der Waals surface area contributed by atoms with Crippen LogP contribution in [-0.4, -0.2) is 74.4 Å². The molecule has 0 aliphatic heterocycles. The van der Waals surface area contributed by atoms with Crippen molar-refractivity contribution in [2.75, 3.05) is 14.2 Å². The molecule has 21 heteroatoms. The van der Waals surface area contributed by atoms with Crippen molar-refractivity contribution < 1.29 is 79.4 Å². The van der Waals surface area contributed by atoms with Gasteiger partial charge >= 0.3 is 31.2 Å². The number of aromatic nitrogens is 4. The normalized spacial score (nSPS) is 10.7. The largest absolute Gasteiger partial charge is 1.00 e. The first-order chi connectivity index (χ1) is 30.9. The standard InChI is InChI=1S/C20H15ClF2N2O4.C11H10ClN3O2.C11H12F2O3.C4H9.Li/c1-20(2,3)29-19(27)28-14-7-5-11(22)16(17(14)23)18(26)10-4-6-12-13(8-10)25-15(21)9-24-12;1-15(17-2)11(16)7-3-4-8-9(5-7)14-10(12)6-13-8;1-11(2,3)16-10(14)15-9-5-4-7(12)6-8(9)13;1-3-4-2;/h4-9H,1-3H3;3-6H,1-2H3;4-6H,1-3H3;1,3-4H2,2H3;/q;;;-1;+1. The Morgan fingerprint density at radius 2 is 1.13 bits per heavy atom. The van der Waals surface area contributed by atoms with Gasteiger partial charge < -0.3 is 25.9 Å². The van der Waals surface area contributed by atoms with Gasteiger partial charge in [0.1, 0.15) is 33.1 Å². The fourth-order valence-electron chi connectivity index (χ4n) is 4.76. The maximum Gasteiger partial charge on any atom is 1.00 e. The Hall–Kier alpha value is -5.90. The van der Waals surface area contributed by atoms with Crippen molar-refractivity contribution in [3.05, 3.63) is 136 Å². The Bertz CT molecular complexity index is 2690. The predicted octanol–water partition coefficient (Wildman–Crippen LogP) is 8.93. The zero-order chi connectivity index (χ0) is 49.5. The molecule has 2 aromatic heterocycles. The van der Waals surface area contributed by atoms with Crippen molar-refractivity contribution in [3.63, 3.8) is 0 Å². The first-order valence-electron chi connectivity index (χ1n) is 19.6. The molecule has 14 nitrogen and oxygen atoms in total. The number of amides is 1. The monoisotopic (exact) mass is 965 g/mol. The Morgan fingerprint density at radius 1 is 0.672 bits per heavy atom. The number of hydroxylamine groups is 2. The Labute approximate surface area is 406 Å². The van der Waals surface area contributed by atoms with E-state index in [1.807, 2.05) is 0 Å². The van der Waals surface area contributed by atoms with Crippen molar-refractivity contribution in [2.24, 2.45) is 0 Å². The average molecular weight is 967 g/mol. The van der Waals surface area contributed by atoms with Crippen molar-refractivity contribution in [3.8, 4) is 11.5 Å². The molecule has 1 amide bonds. The molecule has 0 radical (unpaired) electrons. The smallest absolute Gasteiger partial charge is 0.428 e. The summed E-state index contributed by atoms with van der Waals surface area (Å²) in [6, 6.07) is 13.5. The first-order valence-corrected chi connectivity index (χ1v) is 20.4. The molecular weight excluding hydrogens is 920 g/mol. The number of unbranched alkanes of at least 4 members (excludes halogenated alkanes) is 1. The van der Waals surface area contributed by atoms with E-state index in [9.17, 15) is 36.7 Å². The van der Waals surface area contributed by atoms with Crippen LogP contribution in [0.2, 0.25) is 10.3 Å². The SMILES string of the molecule is CC(C)(C)OC(=O)Oc1ccc(F)c(C(=O)c2ccc3ncc(Cl)nc3c2)c1F.CC(C)(C)OC(=O)Oc1ccc(F)cc1F.CON(C)C(=O)c1ccc2ncc(Cl)nc2c1.[CH2-]CCC.[Li+]. The molecule has 0 spiro atoms. The van der Waals surface area contributed by atoms with Crippen LogP contribution in [0.5, 0.6) is 11.5 Å². The van der Waals surface area contributed by atoms with Gasteiger partial charge in [-0.2, -0.15) is 6.42 Å². The molecule has 6 rings (SSSR count). The molecule has 67 heavy (non-hydrogen) atoms. The quantitative estimate of drug-likeness (QED) is 0.0283. The van der Waals surface area contributed by atoms with Crippen molar-refractivity contribution in [2.45, 2.75) is 72.5 Å². The number of carbonyl (C=O) groups excluding carboxylic acids is 4. The van der Waals surface area contributed by atoms with E-state index in [4.69, 9.17) is 42.3 Å². The van der Waals surface area contributed by atoms with Crippen LogP contribution in [0.4, 0.5) is 27.2 Å². The summed E-state index contributed by atoms with van der Waals surface area (Å²) in [5.74, 6) is -6.34. The van der Waals surface area contributed by atoms with E-state index in [-0.39, 0.29) is 46.8 Å². The van der Waals surface area contributed by atoms with Crippen LogP contribution in [-0.2, 0) is 14.3 Å². The molecule has 352 valence electrons. The number of rotatable bonds is 7. The third kappa shape index (κ3) is 18.4. The molecule has 0 atom stereocenters. The van der Waals surface area contributed by atoms with Gasteiger partial charge in [-0.05, 0) is 102 Å². The minimum absolute atomic E-state index is 0. The molecule has 2 heterocycles. The van der Waals surface area contributed by atoms with E-state index in [2.05, 4.69) is 38.5 Å². The van der Waals surface area contributed by atoms with Gasteiger partial charge in [0.05, 0.1) is 47.1 Å². The van der Waals surface area contributed by atoms with Crippen molar-refractivity contribution >= 4 is 69.3 Å². The van der Waals surface area contributed by atoms with Gasteiger partial charge in [-0.25, -0.2) is 42.2 Å². The van der Waals surface area contributed by atoms with Crippen LogP contribution in [0.1, 0.15) is 87.6 Å². The van der Waals surface area contributed by atoms with Crippen LogP contribution in [0.25, 0.3) is 22.1 Å². The molecule has 0 fully saturated rings. The molecule has 4 aromatic carbocycles. The summed E-state index contributed by atoms with van der Waals surface area (Å²) >= 11 is 11.5. The molecule has 0 aliphatic rings. The van der Waals surface area contributed by atoms with Crippen molar-refractivity contribution in [1.82, 2.24) is 25.0 Å². The maximum absolute atomic E-state index is 14.8. The third-order valence-corrected chi connectivity index (χ3v) is 8.15. The molecule has 0 saturated carbocycles. The summed E-state index contributed by atoms with van der Waals surface area (Å²) in [7, 11) is 2.96. The summed E-state index contributed by atoms with van der Waals surface area (Å²) < 4.78 is 73.8. The molecule has 0 bridgehead atoms. The Morgan fingerprint density at radius 3 is 1.60 bits per heavy atom. The number of hydrogen-bond donors (Lipinski definition) is 0. The second-order valence-corrected chi connectivity index (χ2v) is 16.2. The van der Waals surface area contributed by atoms with E-state index >= 15 is 0 Å². The minimum atomic E-state index is -1.32. The number of nitrogens with zero attached hydrogens (tertiary/aromatic N) is 5. The third-order valence-electron chi connectivity index (χ3n) is 7.79. The number of ether oxygens (including phenoxy) is 4. The number of benzene rings is 4. The van der Waals surface area contributed by atoms with E-state index in [1.165, 1.54) is 51.2 Å². The summed E-state index contributed by atoms with van der Waals surface area (Å²) in [5, 5.41) is 1.54. The van der Waals surface area contributed by atoms with E-state index in [0.29, 0.717) is 33.3 Å². The summed E-state index contributed by atoms with van der Waals surface area (Å²) in [4.78, 5) is 68.6. The van der Waals surface area contributed by atoms with Gasteiger partial charge in [-0.1, -0.05) is 36.5 Å². The Balaban J connectivity index is 0.000000348. The topological polar surface area (TPSA) is 169 Å². The van der Waals surface area contributed by atoms with Gasteiger partial charge in [0.15, 0.2) is 28.9 Å². The number of carbonyl (C=O) groups is 4. The number of halogens is 6. The summed E-state index contributed by atoms with van der Waals surface area (Å²) in [6.45, 7) is 15.5. The predicted molar refractivity (Wildman–Crippen MR) is 238 cm³/mol. The van der Waals surface area contributed by atoms with Crippen LogP contribution in [0.3, 0.4) is 0 Å². The van der Waals surface area contributed by atoms with Gasteiger partial charge in [-0.3, -0.25) is 24.4 Å². The molecule has 0 saturated heterocycles. The van der Waals surface area contributed by atoms with Crippen LogP contribution >= 0.6 is 23.2 Å². The molecule has 6 aromatic rings. The Kier molecular flexibility index (Phi) is 22.1. The van der Waals surface area contributed by atoms with E-state index < -0.39 is 63.9 Å². The van der Waals surface area contributed by atoms with Gasteiger partial charge in [0, 0.05) is 24.2 Å². The minimum Gasteiger partial charge on any atom is -0.428 e. The number of ketones is 1.